The van der Waals surface area contributed by atoms with E-state index < -0.39 is 0 Å². The molecule has 0 aromatic carbocycles. The molecular weight excluding hydrogens is 186 g/mol. The number of rotatable bonds is 3. The van der Waals surface area contributed by atoms with Gasteiger partial charge in [-0.2, -0.15) is 0 Å². The van der Waals surface area contributed by atoms with Gasteiger partial charge < -0.3 is 10.6 Å². The van der Waals surface area contributed by atoms with Crippen molar-refractivity contribution in [2.75, 3.05) is 24.2 Å². The van der Waals surface area contributed by atoms with Crippen LogP contribution in [-0.4, -0.2) is 18.6 Å². The van der Waals surface area contributed by atoms with Gasteiger partial charge in [0.1, 0.15) is 5.82 Å². The van der Waals surface area contributed by atoms with Crippen molar-refractivity contribution < 1.29 is 0 Å². The second-order valence-electron chi connectivity index (χ2n) is 4.76. The molecule has 0 bridgehead atoms. The fourth-order valence-electron chi connectivity index (χ4n) is 2.08. The van der Waals surface area contributed by atoms with Crippen molar-refractivity contribution in [3.8, 4) is 0 Å². The molecule has 0 aliphatic heterocycles. The van der Waals surface area contributed by atoms with Crippen molar-refractivity contribution in [3.63, 3.8) is 0 Å². The Labute approximate surface area is 91.3 Å². The Kier molecular flexibility index (Phi) is 2.55. The van der Waals surface area contributed by atoms with Crippen LogP contribution >= 0.6 is 0 Å². The van der Waals surface area contributed by atoms with Gasteiger partial charge in [0, 0.05) is 13.6 Å². The molecule has 1 aromatic heterocycles. The van der Waals surface area contributed by atoms with Crippen LogP contribution in [0.4, 0.5) is 11.5 Å². The van der Waals surface area contributed by atoms with Gasteiger partial charge in [-0.3, -0.25) is 0 Å². The van der Waals surface area contributed by atoms with Crippen molar-refractivity contribution in [1.82, 2.24) is 4.98 Å². The van der Waals surface area contributed by atoms with Crippen LogP contribution in [0.2, 0.25) is 0 Å². The first kappa shape index (κ1) is 10.3. The predicted molar refractivity (Wildman–Crippen MR) is 63.9 cm³/mol. The van der Waals surface area contributed by atoms with Crippen LogP contribution in [0.1, 0.15) is 18.9 Å². The molecule has 1 fully saturated rings. The van der Waals surface area contributed by atoms with Crippen LogP contribution in [0.25, 0.3) is 0 Å². The Balaban J connectivity index is 2.07. The summed E-state index contributed by atoms with van der Waals surface area (Å²) in [5.74, 6) is 2.80. The minimum absolute atomic E-state index is 0.740. The average molecular weight is 205 g/mol. The molecule has 3 nitrogen and oxygen atoms in total. The Hall–Kier alpha value is -1.25. The molecule has 0 radical (unpaired) electrons. The topological polar surface area (TPSA) is 42.1 Å². The minimum atomic E-state index is 0.740. The van der Waals surface area contributed by atoms with E-state index in [2.05, 4.69) is 30.8 Å². The highest BCUT2D eigenvalue weighted by Crippen LogP contribution is 2.38. The van der Waals surface area contributed by atoms with Gasteiger partial charge in [0.05, 0.1) is 11.9 Å². The lowest BCUT2D eigenvalue weighted by Gasteiger charge is -2.20. The highest BCUT2D eigenvalue weighted by Gasteiger charge is 2.33. The van der Waals surface area contributed by atoms with Crippen molar-refractivity contribution in [3.05, 3.63) is 17.8 Å². The summed E-state index contributed by atoms with van der Waals surface area (Å²) >= 11 is 0. The Morgan fingerprint density at radius 3 is 2.80 bits per heavy atom. The molecule has 3 heteroatoms. The smallest absolute Gasteiger partial charge is 0.131 e. The summed E-state index contributed by atoms with van der Waals surface area (Å²) < 4.78 is 0. The summed E-state index contributed by atoms with van der Waals surface area (Å²) in [6, 6.07) is 1.98. The van der Waals surface area contributed by atoms with Crippen LogP contribution < -0.4 is 10.6 Å². The molecule has 1 heterocycles. The Morgan fingerprint density at radius 1 is 1.60 bits per heavy atom. The summed E-state index contributed by atoms with van der Waals surface area (Å²) in [5.41, 5.74) is 7.58. The van der Waals surface area contributed by atoms with E-state index in [0.29, 0.717) is 0 Å². The molecule has 82 valence electrons. The molecule has 1 aliphatic rings. The normalized spacial score (nSPS) is 23.9. The molecule has 0 amide bonds. The van der Waals surface area contributed by atoms with Crippen LogP contribution in [-0.2, 0) is 0 Å². The van der Waals surface area contributed by atoms with E-state index in [-0.39, 0.29) is 0 Å². The summed E-state index contributed by atoms with van der Waals surface area (Å²) in [7, 11) is 2.11. The Bertz CT molecular complexity index is 362. The largest absolute Gasteiger partial charge is 0.397 e. The zero-order chi connectivity index (χ0) is 11.0. The molecule has 1 aliphatic carbocycles. The SMILES string of the molecule is Cc1cc(N)cnc1N(C)CC1CC1C. The maximum Gasteiger partial charge on any atom is 0.131 e. The van der Waals surface area contributed by atoms with Gasteiger partial charge in [-0.25, -0.2) is 4.98 Å². The third-order valence-corrected chi connectivity index (χ3v) is 3.22. The number of pyridine rings is 1. The highest BCUT2D eigenvalue weighted by molar-refractivity contribution is 5.52. The van der Waals surface area contributed by atoms with Crippen molar-refractivity contribution in [2.45, 2.75) is 20.3 Å². The minimum Gasteiger partial charge on any atom is -0.397 e. The molecule has 2 unspecified atom stereocenters. The van der Waals surface area contributed by atoms with Crippen molar-refractivity contribution in [1.29, 1.82) is 0 Å². The average Bonchev–Trinajstić information content (AvgIpc) is 2.81. The van der Waals surface area contributed by atoms with E-state index >= 15 is 0 Å². The first-order valence-corrected chi connectivity index (χ1v) is 5.51. The van der Waals surface area contributed by atoms with Gasteiger partial charge in [0.25, 0.3) is 0 Å². The molecule has 0 saturated heterocycles. The van der Waals surface area contributed by atoms with E-state index in [1.807, 2.05) is 6.07 Å². The lowest BCUT2D eigenvalue weighted by molar-refractivity contribution is 0.718. The number of anilines is 2. The van der Waals surface area contributed by atoms with Gasteiger partial charge in [-0.05, 0) is 36.8 Å². The number of aromatic nitrogens is 1. The number of nitrogen functional groups attached to an aromatic ring is 1. The second-order valence-corrected chi connectivity index (χ2v) is 4.76. The quantitative estimate of drug-likeness (QED) is 0.821. The van der Waals surface area contributed by atoms with Crippen LogP contribution in [0.5, 0.6) is 0 Å². The zero-order valence-electron chi connectivity index (χ0n) is 9.70. The third-order valence-electron chi connectivity index (χ3n) is 3.22. The van der Waals surface area contributed by atoms with Gasteiger partial charge in [0.15, 0.2) is 0 Å². The second kappa shape index (κ2) is 3.72. The maximum absolute atomic E-state index is 5.68. The number of hydrogen-bond acceptors (Lipinski definition) is 3. The van der Waals surface area contributed by atoms with Crippen LogP contribution in [0, 0.1) is 18.8 Å². The van der Waals surface area contributed by atoms with Gasteiger partial charge in [0.2, 0.25) is 0 Å². The zero-order valence-corrected chi connectivity index (χ0v) is 9.70. The summed E-state index contributed by atoms with van der Waals surface area (Å²) in [6.07, 6.45) is 3.09. The van der Waals surface area contributed by atoms with Crippen molar-refractivity contribution in [2.24, 2.45) is 11.8 Å². The first-order chi connectivity index (χ1) is 7.08. The maximum atomic E-state index is 5.68. The molecular formula is C12H19N3. The molecule has 2 atom stereocenters. The van der Waals surface area contributed by atoms with Crippen LogP contribution in [0.15, 0.2) is 12.3 Å². The third kappa shape index (κ3) is 2.22. The molecule has 1 aromatic rings. The summed E-state index contributed by atoms with van der Waals surface area (Å²) in [4.78, 5) is 6.62. The highest BCUT2D eigenvalue weighted by atomic mass is 15.2. The summed E-state index contributed by atoms with van der Waals surface area (Å²) in [6.45, 7) is 5.48. The predicted octanol–water partition coefficient (Wildman–Crippen LogP) is 2.06. The number of nitrogens with zero attached hydrogens (tertiary/aromatic N) is 2. The summed E-state index contributed by atoms with van der Waals surface area (Å²) in [5, 5.41) is 0. The monoisotopic (exact) mass is 205 g/mol. The molecule has 0 spiro atoms. The lowest BCUT2D eigenvalue weighted by Crippen LogP contribution is -2.22. The number of nitrogens with two attached hydrogens (primary N) is 1. The van der Waals surface area contributed by atoms with E-state index in [0.717, 1.165) is 35.4 Å². The fraction of sp³-hybridized carbons (Fsp3) is 0.583. The molecule has 1 saturated carbocycles. The van der Waals surface area contributed by atoms with E-state index in [4.69, 9.17) is 5.73 Å². The molecule has 2 rings (SSSR count). The number of aryl methyl sites for hydroxylation is 1. The van der Waals surface area contributed by atoms with Crippen molar-refractivity contribution >= 4 is 11.5 Å². The van der Waals surface area contributed by atoms with Crippen LogP contribution in [0.3, 0.4) is 0 Å². The van der Waals surface area contributed by atoms with Gasteiger partial charge in [-0.1, -0.05) is 6.92 Å². The Morgan fingerprint density at radius 2 is 2.27 bits per heavy atom. The molecule has 2 N–H and O–H groups in total. The lowest BCUT2D eigenvalue weighted by atomic mass is 10.2. The first-order valence-electron chi connectivity index (χ1n) is 5.51. The van der Waals surface area contributed by atoms with E-state index in [9.17, 15) is 0 Å². The van der Waals surface area contributed by atoms with E-state index in [1.165, 1.54) is 6.42 Å². The molecule has 15 heavy (non-hydrogen) atoms. The van der Waals surface area contributed by atoms with Gasteiger partial charge >= 0.3 is 0 Å². The van der Waals surface area contributed by atoms with E-state index in [1.54, 1.807) is 6.20 Å². The fourth-order valence-corrected chi connectivity index (χ4v) is 2.08. The standard InChI is InChI=1S/C12H19N3/c1-8-4-10(8)7-15(3)12-9(2)5-11(13)6-14-12/h5-6,8,10H,4,7,13H2,1-3H3. The van der Waals surface area contributed by atoms with Gasteiger partial charge in [-0.15, -0.1) is 0 Å². The number of hydrogen-bond donors (Lipinski definition) is 1.